The first-order valence-electron chi connectivity index (χ1n) is 9.02. The zero-order chi connectivity index (χ0) is 19.3. The summed E-state index contributed by atoms with van der Waals surface area (Å²) in [6, 6.07) is 16.7. The molecule has 0 aliphatic heterocycles. The number of aliphatic hydroxyl groups excluding tert-OH is 2. The van der Waals surface area contributed by atoms with Crippen LogP contribution in [0, 0.1) is 0 Å². The molecule has 3 N–H and O–H groups in total. The summed E-state index contributed by atoms with van der Waals surface area (Å²) in [4.78, 5) is 14.0. The van der Waals surface area contributed by atoms with E-state index in [0.717, 1.165) is 5.69 Å². The number of anilines is 1. The standard InChI is InChI=1S/C20H26N4O3/c25-15-13-24(14-16-26)12-4-7-20(27)21-17-8-10-19(11-9-17)23-22-18-5-2-1-3-6-18/h1-3,5-6,8-11,25-26H,4,7,12-16H2,(H,21,27). The van der Waals surface area contributed by atoms with Gasteiger partial charge in [-0.15, -0.1) is 0 Å². The quantitative estimate of drug-likeness (QED) is 0.529. The fourth-order valence-corrected chi connectivity index (χ4v) is 2.53. The second kappa shape index (κ2) is 11.9. The van der Waals surface area contributed by atoms with Crippen LogP contribution in [-0.4, -0.2) is 53.9 Å². The number of carbonyl (C=O) groups excluding carboxylic acids is 1. The van der Waals surface area contributed by atoms with E-state index in [9.17, 15) is 4.79 Å². The van der Waals surface area contributed by atoms with E-state index in [-0.39, 0.29) is 19.1 Å². The molecule has 0 aliphatic rings. The van der Waals surface area contributed by atoms with Crippen LogP contribution < -0.4 is 5.32 Å². The first-order valence-corrected chi connectivity index (χ1v) is 9.02. The van der Waals surface area contributed by atoms with Crippen molar-refractivity contribution in [2.75, 3.05) is 38.2 Å². The molecule has 0 heterocycles. The maximum atomic E-state index is 12.0. The lowest BCUT2D eigenvalue weighted by Crippen LogP contribution is -2.31. The van der Waals surface area contributed by atoms with Gasteiger partial charge in [-0.2, -0.15) is 10.2 Å². The SMILES string of the molecule is O=C(CCCN(CCO)CCO)Nc1ccc(N=Nc2ccccc2)cc1. The molecule has 2 rings (SSSR count). The van der Waals surface area contributed by atoms with Crippen LogP contribution in [-0.2, 0) is 4.79 Å². The zero-order valence-corrected chi connectivity index (χ0v) is 15.3. The van der Waals surface area contributed by atoms with Crippen molar-refractivity contribution in [1.82, 2.24) is 4.90 Å². The third-order valence-electron chi connectivity index (χ3n) is 3.90. The van der Waals surface area contributed by atoms with Gasteiger partial charge in [0.05, 0.1) is 24.6 Å². The van der Waals surface area contributed by atoms with Crippen LogP contribution in [0.2, 0.25) is 0 Å². The van der Waals surface area contributed by atoms with Crippen molar-refractivity contribution in [2.24, 2.45) is 10.2 Å². The molecule has 0 fully saturated rings. The maximum Gasteiger partial charge on any atom is 0.224 e. The van der Waals surface area contributed by atoms with Gasteiger partial charge in [0.25, 0.3) is 0 Å². The van der Waals surface area contributed by atoms with Gasteiger partial charge in [0.1, 0.15) is 0 Å². The average Bonchev–Trinajstić information content (AvgIpc) is 2.68. The summed E-state index contributed by atoms with van der Waals surface area (Å²) in [5.41, 5.74) is 2.20. The molecule has 0 aliphatic carbocycles. The van der Waals surface area contributed by atoms with E-state index in [1.54, 1.807) is 24.3 Å². The monoisotopic (exact) mass is 370 g/mol. The topological polar surface area (TPSA) is 97.5 Å². The summed E-state index contributed by atoms with van der Waals surface area (Å²) in [5, 5.41) is 29.1. The van der Waals surface area contributed by atoms with Crippen LogP contribution in [0.1, 0.15) is 12.8 Å². The number of benzene rings is 2. The normalized spacial score (nSPS) is 11.2. The number of hydrogen-bond acceptors (Lipinski definition) is 6. The van der Waals surface area contributed by atoms with Crippen molar-refractivity contribution in [3.05, 3.63) is 54.6 Å². The Balaban J connectivity index is 1.76. The van der Waals surface area contributed by atoms with Crippen molar-refractivity contribution in [3.63, 3.8) is 0 Å². The molecular formula is C20H26N4O3. The van der Waals surface area contributed by atoms with Crippen molar-refractivity contribution in [3.8, 4) is 0 Å². The summed E-state index contributed by atoms with van der Waals surface area (Å²) in [7, 11) is 0. The minimum absolute atomic E-state index is 0.0418. The molecule has 2 aromatic carbocycles. The lowest BCUT2D eigenvalue weighted by molar-refractivity contribution is -0.116. The van der Waals surface area contributed by atoms with Gasteiger partial charge in [0.15, 0.2) is 0 Å². The van der Waals surface area contributed by atoms with E-state index in [1.165, 1.54) is 0 Å². The van der Waals surface area contributed by atoms with E-state index in [0.29, 0.717) is 43.9 Å². The maximum absolute atomic E-state index is 12.0. The summed E-state index contributed by atoms with van der Waals surface area (Å²) in [5.74, 6) is -0.0680. The molecule has 7 heteroatoms. The summed E-state index contributed by atoms with van der Waals surface area (Å²) >= 11 is 0. The number of nitrogens with zero attached hydrogens (tertiary/aromatic N) is 3. The van der Waals surface area contributed by atoms with Crippen LogP contribution in [0.3, 0.4) is 0 Å². The van der Waals surface area contributed by atoms with Crippen molar-refractivity contribution < 1.29 is 15.0 Å². The van der Waals surface area contributed by atoms with E-state index >= 15 is 0 Å². The fourth-order valence-electron chi connectivity index (χ4n) is 2.53. The Morgan fingerprint density at radius 3 is 2.04 bits per heavy atom. The van der Waals surface area contributed by atoms with Crippen LogP contribution in [0.4, 0.5) is 17.1 Å². The van der Waals surface area contributed by atoms with E-state index < -0.39 is 0 Å². The number of amides is 1. The van der Waals surface area contributed by atoms with Crippen LogP contribution in [0.15, 0.2) is 64.8 Å². The lowest BCUT2D eigenvalue weighted by Gasteiger charge is -2.19. The third kappa shape index (κ3) is 8.08. The van der Waals surface area contributed by atoms with E-state index in [1.807, 2.05) is 35.2 Å². The second-order valence-electron chi connectivity index (χ2n) is 6.02. The second-order valence-corrected chi connectivity index (χ2v) is 6.02. The highest BCUT2D eigenvalue weighted by Crippen LogP contribution is 2.20. The van der Waals surface area contributed by atoms with Crippen molar-refractivity contribution in [1.29, 1.82) is 0 Å². The Morgan fingerprint density at radius 2 is 1.44 bits per heavy atom. The molecule has 0 saturated heterocycles. The Bertz CT molecular complexity index is 699. The lowest BCUT2D eigenvalue weighted by atomic mass is 10.2. The first kappa shape index (κ1) is 20.7. The predicted octanol–water partition coefficient (Wildman–Crippen LogP) is 3.11. The molecule has 0 saturated carbocycles. The number of rotatable bonds is 11. The minimum atomic E-state index is -0.0680. The third-order valence-corrected chi connectivity index (χ3v) is 3.90. The van der Waals surface area contributed by atoms with Gasteiger partial charge in [-0.05, 0) is 49.4 Å². The van der Waals surface area contributed by atoms with Crippen LogP contribution >= 0.6 is 0 Å². The molecule has 1 amide bonds. The molecule has 0 unspecified atom stereocenters. The van der Waals surface area contributed by atoms with Gasteiger partial charge >= 0.3 is 0 Å². The fraction of sp³-hybridized carbons (Fsp3) is 0.350. The van der Waals surface area contributed by atoms with E-state index in [4.69, 9.17) is 10.2 Å². The van der Waals surface area contributed by atoms with Gasteiger partial charge in [-0.1, -0.05) is 18.2 Å². The van der Waals surface area contributed by atoms with Gasteiger partial charge in [-0.3, -0.25) is 9.69 Å². The first-order chi connectivity index (χ1) is 13.2. The van der Waals surface area contributed by atoms with Gasteiger partial charge < -0.3 is 15.5 Å². The molecule has 7 nitrogen and oxygen atoms in total. The Hall–Kier alpha value is -2.61. The largest absolute Gasteiger partial charge is 0.395 e. The van der Waals surface area contributed by atoms with Crippen LogP contribution in [0.25, 0.3) is 0 Å². The Morgan fingerprint density at radius 1 is 0.852 bits per heavy atom. The number of hydrogen-bond donors (Lipinski definition) is 3. The number of nitrogens with one attached hydrogen (secondary N) is 1. The van der Waals surface area contributed by atoms with Gasteiger partial charge in [-0.25, -0.2) is 0 Å². The summed E-state index contributed by atoms with van der Waals surface area (Å²) in [6.07, 6.45) is 1.04. The highest BCUT2D eigenvalue weighted by atomic mass is 16.3. The molecule has 0 spiro atoms. The highest BCUT2D eigenvalue weighted by Gasteiger charge is 2.06. The molecule has 0 atom stereocenters. The predicted molar refractivity (Wildman–Crippen MR) is 106 cm³/mol. The molecule has 0 bridgehead atoms. The number of azo groups is 1. The van der Waals surface area contributed by atoms with Crippen LogP contribution in [0.5, 0.6) is 0 Å². The molecule has 0 radical (unpaired) electrons. The smallest absolute Gasteiger partial charge is 0.224 e. The van der Waals surface area contributed by atoms with Crippen molar-refractivity contribution in [2.45, 2.75) is 12.8 Å². The molecular weight excluding hydrogens is 344 g/mol. The summed E-state index contributed by atoms with van der Waals surface area (Å²) in [6.45, 7) is 1.75. The number of aliphatic hydroxyl groups is 2. The van der Waals surface area contributed by atoms with Crippen molar-refractivity contribution >= 4 is 23.0 Å². The number of carbonyl (C=O) groups is 1. The average molecular weight is 370 g/mol. The molecule has 144 valence electrons. The Kier molecular flexibility index (Phi) is 9.12. The molecule has 2 aromatic rings. The highest BCUT2D eigenvalue weighted by molar-refractivity contribution is 5.90. The van der Waals surface area contributed by atoms with E-state index in [2.05, 4.69) is 15.5 Å². The molecule has 27 heavy (non-hydrogen) atoms. The molecule has 0 aromatic heterocycles. The van der Waals surface area contributed by atoms with Gasteiger partial charge in [0.2, 0.25) is 5.91 Å². The van der Waals surface area contributed by atoms with Gasteiger partial charge in [0, 0.05) is 25.2 Å². The summed E-state index contributed by atoms with van der Waals surface area (Å²) < 4.78 is 0. The minimum Gasteiger partial charge on any atom is -0.395 e. The Labute approximate surface area is 159 Å². The zero-order valence-electron chi connectivity index (χ0n) is 15.3.